The Kier molecular flexibility index (Phi) is 52.2. The van der Waals surface area contributed by atoms with Crippen LogP contribution in [-0.4, -0.2) is 51.1 Å². The second kappa shape index (κ2) is 45.8. The molecule has 248 valence electrons. The number of aliphatic imine (C=N–C) groups is 1. The van der Waals surface area contributed by atoms with E-state index in [2.05, 4.69) is 51.0 Å². The van der Waals surface area contributed by atoms with E-state index in [1.807, 2.05) is 14.0 Å². The van der Waals surface area contributed by atoms with Crippen molar-refractivity contribution in [3.8, 4) is 0 Å². The zero-order valence-corrected chi connectivity index (χ0v) is 29.6. The van der Waals surface area contributed by atoms with Crippen molar-refractivity contribution < 1.29 is 14.6 Å². The van der Waals surface area contributed by atoms with Crippen molar-refractivity contribution in [2.75, 3.05) is 34.4 Å². The van der Waals surface area contributed by atoms with E-state index in [1.165, 1.54) is 109 Å². The molecule has 0 bridgehead atoms. The molecule has 0 spiro atoms. The SMILES string of the molecule is CCC/C=C(\CCOC(=O)CCCCCCCC)C(C)=NC.CCCCCCCCCCCCC.CCNC.C[OH2+]. The number of hydrogen-bond donors (Lipinski definition) is 1. The van der Waals surface area contributed by atoms with E-state index >= 15 is 0 Å². The minimum atomic E-state index is -0.0589. The lowest BCUT2D eigenvalue weighted by molar-refractivity contribution is -0.143. The van der Waals surface area contributed by atoms with E-state index in [-0.39, 0.29) is 5.97 Å². The number of esters is 1. The van der Waals surface area contributed by atoms with Crippen molar-refractivity contribution in [2.24, 2.45) is 4.99 Å². The molecule has 0 saturated carbocycles. The summed E-state index contributed by atoms with van der Waals surface area (Å²) in [6.07, 6.45) is 28.8. The van der Waals surface area contributed by atoms with Crippen LogP contribution in [0.15, 0.2) is 16.6 Å². The van der Waals surface area contributed by atoms with E-state index in [0.29, 0.717) is 13.0 Å². The summed E-state index contributed by atoms with van der Waals surface area (Å²) >= 11 is 0. The van der Waals surface area contributed by atoms with E-state index in [4.69, 9.17) is 9.84 Å². The smallest absolute Gasteiger partial charge is 0.305 e. The second-order valence-corrected chi connectivity index (χ2v) is 10.7. The fraction of sp³-hybridized carbons (Fsp3) is 0.889. The molecule has 0 heterocycles. The van der Waals surface area contributed by atoms with Gasteiger partial charge in [0.2, 0.25) is 0 Å². The van der Waals surface area contributed by atoms with Crippen LogP contribution in [0.25, 0.3) is 0 Å². The maximum absolute atomic E-state index is 11.7. The lowest BCUT2D eigenvalue weighted by Crippen LogP contribution is -2.08. The van der Waals surface area contributed by atoms with Gasteiger partial charge >= 0.3 is 5.97 Å². The van der Waals surface area contributed by atoms with Crippen LogP contribution in [0.3, 0.4) is 0 Å². The fourth-order valence-corrected chi connectivity index (χ4v) is 4.03. The zero-order chi connectivity index (χ0) is 31.8. The molecule has 0 aliphatic rings. The number of carbonyl (C=O) groups is 1. The summed E-state index contributed by atoms with van der Waals surface area (Å²) in [7, 11) is 4.99. The van der Waals surface area contributed by atoms with Crippen LogP contribution < -0.4 is 5.32 Å². The number of rotatable bonds is 24. The van der Waals surface area contributed by atoms with Crippen LogP contribution in [0, 0.1) is 0 Å². The average Bonchev–Trinajstić information content (AvgIpc) is 3.00. The third-order valence-corrected chi connectivity index (χ3v) is 6.91. The van der Waals surface area contributed by atoms with Crippen LogP contribution >= 0.6 is 0 Å². The third-order valence-electron chi connectivity index (χ3n) is 6.91. The lowest BCUT2D eigenvalue weighted by atomic mass is 10.1. The number of nitrogens with one attached hydrogen (secondary N) is 1. The summed E-state index contributed by atoms with van der Waals surface area (Å²) < 4.78 is 5.34. The van der Waals surface area contributed by atoms with Crippen molar-refractivity contribution >= 4 is 11.7 Å². The van der Waals surface area contributed by atoms with Gasteiger partial charge in [0, 0.05) is 25.6 Å². The number of ether oxygens (including phenoxy) is 1. The molecule has 0 aromatic rings. The topological polar surface area (TPSA) is 73.6 Å². The highest BCUT2D eigenvalue weighted by atomic mass is 16.5. The predicted molar refractivity (Wildman–Crippen MR) is 187 cm³/mol. The summed E-state index contributed by atoms with van der Waals surface area (Å²) in [4.78, 5) is 15.9. The fourth-order valence-electron chi connectivity index (χ4n) is 4.03. The van der Waals surface area contributed by atoms with Crippen LogP contribution in [0.5, 0.6) is 0 Å². The number of unbranched alkanes of at least 4 members (excludes halogenated alkanes) is 16. The van der Waals surface area contributed by atoms with Gasteiger partial charge in [-0.25, -0.2) is 0 Å². The summed E-state index contributed by atoms with van der Waals surface area (Å²) in [5.41, 5.74) is 2.25. The van der Waals surface area contributed by atoms with Gasteiger partial charge in [-0.15, -0.1) is 0 Å². The van der Waals surface area contributed by atoms with Crippen LogP contribution in [0.2, 0.25) is 0 Å². The van der Waals surface area contributed by atoms with E-state index in [9.17, 15) is 4.79 Å². The summed E-state index contributed by atoms with van der Waals surface area (Å²) in [6, 6.07) is 0. The summed E-state index contributed by atoms with van der Waals surface area (Å²) in [5, 5.41) is 8.68. The van der Waals surface area contributed by atoms with Crippen LogP contribution in [-0.2, 0) is 9.53 Å². The Morgan fingerprint density at radius 2 is 1.07 bits per heavy atom. The number of allylic oxidation sites excluding steroid dienone is 1. The molecule has 0 aliphatic heterocycles. The molecule has 0 atom stereocenters. The van der Waals surface area contributed by atoms with Gasteiger partial charge in [-0.05, 0) is 38.9 Å². The van der Waals surface area contributed by atoms with Gasteiger partial charge in [-0.1, -0.05) is 150 Å². The van der Waals surface area contributed by atoms with Gasteiger partial charge < -0.3 is 15.2 Å². The molecule has 0 aliphatic carbocycles. The molecule has 5 heteroatoms. The number of hydrogen-bond acceptors (Lipinski definition) is 4. The molecule has 0 fully saturated rings. The molecule has 0 amide bonds. The van der Waals surface area contributed by atoms with Gasteiger partial charge in [0.15, 0.2) is 0 Å². The summed E-state index contributed by atoms with van der Waals surface area (Å²) in [5.74, 6) is -0.0589. The normalized spacial score (nSPS) is 11.0. The highest BCUT2D eigenvalue weighted by Crippen LogP contribution is 2.12. The van der Waals surface area contributed by atoms with Gasteiger partial charge in [-0.2, -0.15) is 0 Å². The molecule has 0 unspecified atom stereocenters. The Labute approximate surface area is 258 Å². The minimum Gasteiger partial charge on any atom is -0.465 e. The van der Waals surface area contributed by atoms with Gasteiger partial charge in [0.05, 0.1) is 6.61 Å². The van der Waals surface area contributed by atoms with Gasteiger partial charge in [-0.3, -0.25) is 9.79 Å². The molecule has 5 nitrogen and oxygen atoms in total. The predicted octanol–water partition coefficient (Wildman–Crippen LogP) is 10.4. The monoisotopic (exact) mass is 586 g/mol. The molecule has 0 saturated heterocycles. The van der Waals surface area contributed by atoms with Crippen molar-refractivity contribution in [1.82, 2.24) is 5.32 Å². The zero-order valence-electron chi connectivity index (χ0n) is 29.6. The molecule has 0 radical (unpaired) electrons. The van der Waals surface area contributed by atoms with Crippen LogP contribution in [0.4, 0.5) is 0 Å². The maximum atomic E-state index is 11.7. The Hall–Kier alpha value is -1.20. The lowest BCUT2D eigenvalue weighted by Gasteiger charge is -2.08. The molecular formula is C36H77N2O3+. The minimum absolute atomic E-state index is 0.0589. The molecule has 41 heavy (non-hydrogen) atoms. The molecular weight excluding hydrogens is 508 g/mol. The standard InChI is InChI=1S/C19H35NO2.C13H28.C3H9N.CH4O/c1-5-7-9-10-11-12-14-19(21)22-16-15-18(13-8-6-2)17(3)20-4;1-3-5-7-9-11-13-12-10-8-6-4-2;1-3-4-2;1-2/h13H,5-12,14-16H2,1-4H3;3-13H2,1-2H3;4H,3H2,1-2H3;2H,1H3/p+1/b18-13+,20-17?;;;. The Balaban J connectivity index is -0.000000304. The summed E-state index contributed by atoms with van der Waals surface area (Å²) in [6.45, 7) is 14.6. The third kappa shape index (κ3) is 46.0. The average molecular weight is 586 g/mol. The Morgan fingerprint density at radius 3 is 1.41 bits per heavy atom. The molecule has 3 N–H and O–H groups in total. The van der Waals surface area contributed by atoms with E-state index in [1.54, 1.807) is 7.05 Å². The maximum Gasteiger partial charge on any atom is 0.305 e. The Morgan fingerprint density at radius 1 is 0.683 bits per heavy atom. The van der Waals surface area contributed by atoms with Crippen molar-refractivity contribution in [3.05, 3.63) is 11.6 Å². The first kappa shape index (κ1) is 46.7. The Bertz CT molecular complexity index is 521. The quantitative estimate of drug-likeness (QED) is 0.0530. The van der Waals surface area contributed by atoms with E-state index < -0.39 is 0 Å². The highest BCUT2D eigenvalue weighted by molar-refractivity contribution is 5.98. The first-order valence-electron chi connectivity index (χ1n) is 17.4. The van der Waals surface area contributed by atoms with Crippen LogP contribution in [0.1, 0.15) is 176 Å². The van der Waals surface area contributed by atoms with Crippen molar-refractivity contribution in [2.45, 2.75) is 176 Å². The first-order valence-corrected chi connectivity index (χ1v) is 17.4. The largest absolute Gasteiger partial charge is 0.465 e. The van der Waals surface area contributed by atoms with Gasteiger partial charge in [0.25, 0.3) is 0 Å². The first-order chi connectivity index (χ1) is 20.0. The number of carbonyl (C=O) groups excluding carboxylic acids is 1. The van der Waals surface area contributed by atoms with Gasteiger partial charge in [0.1, 0.15) is 7.11 Å². The molecule has 0 aromatic carbocycles. The van der Waals surface area contributed by atoms with Crippen molar-refractivity contribution in [3.63, 3.8) is 0 Å². The van der Waals surface area contributed by atoms with E-state index in [0.717, 1.165) is 44.4 Å². The molecule has 0 aromatic heterocycles. The number of nitrogens with zero attached hydrogens (tertiary/aromatic N) is 1. The molecule has 0 rings (SSSR count). The van der Waals surface area contributed by atoms with Crippen molar-refractivity contribution in [1.29, 1.82) is 0 Å². The highest BCUT2D eigenvalue weighted by Gasteiger charge is 2.05. The second-order valence-electron chi connectivity index (χ2n) is 10.7.